The van der Waals surface area contributed by atoms with Gasteiger partial charge in [0, 0.05) is 13.1 Å². The molecule has 2 heterocycles. The Morgan fingerprint density at radius 1 is 1.29 bits per heavy atom. The van der Waals surface area contributed by atoms with Crippen LogP contribution in [0, 0.1) is 0 Å². The zero-order valence-corrected chi connectivity index (χ0v) is 13.4. The van der Waals surface area contributed by atoms with Crippen molar-refractivity contribution in [2.24, 2.45) is 0 Å². The molecule has 0 atom stereocenters. The van der Waals surface area contributed by atoms with Gasteiger partial charge in [-0.2, -0.15) is 0 Å². The Balaban J connectivity index is 1.56. The van der Waals surface area contributed by atoms with E-state index < -0.39 is 0 Å². The monoisotopic (exact) mass is 305 g/mol. The van der Waals surface area contributed by atoms with E-state index in [4.69, 9.17) is 4.74 Å². The molecule has 0 amide bonds. The van der Waals surface area contributed by atoms with Crippen LogP contribution in [-0.2, 0) is 0 Å². The van der Waals surface area contributed by atoms with E-state index in [-0.39, 0.29) is 0 Å². The van der Waals surface area contributed by atoms with Crippen LogP contribution in [0.25, 0.3) is 10.2 Å². The van der Waals surface area contributed by atoms with Gasteiger partial charge in [0.1, 0.15) is 5.75 Å². The molecule has 0 radical (unpaired) electrons. The van der Waals surface area contributed by atoms with Gasteiger partial charge >= 0.3 is 0 Å². The summed E-state index contributed by atoms with van der Waals surface area (Å²) >= 11 is 1.70. The summed E-state index contributed by atoms with van der Waals surface area (Å²) in [5.74, 6) is 0.925. The fourth-order valence-electron chi connectivity index (χ4n) is 2.74. The lowest BCUT2D eigenvalue weighted by Gasteiger charge is -2.26. The predicted molar refractivity (Wildman–Crippen MR) is 89.6 cm³/mol. The Bertz CT molecular complexity index is 578. The van der Waals surface area contributed by atoms with Crippen molar-refractivity contribution in [1.82, 2.24) is 9.88 Å². The van der Waals surface area contributed by atoms with Gasteiger partial charge in [-0.1, -0.05) is 17.8 Å². The zero-order chi connectivity index (χ0) is 14.5. The maximum Gasteiger partial charge on any atom is 0.183 e. The number of nitrogens with one attached hydrogen (secondary N) is 1. The Morgan fingerprint density at radius 3 is 2.95 bits per heavy atom. The molecular formula is C16H23N3OS. The lowest BCUT2D eigenvalue weighted by Crippen LogP contribution is -2.33. The maximum absolute atomic E-state index is 5.54. The van der Waals surface area contributed by atoms with E-state index in [0.717, 1.165) is 29.5 Å². The number of fused-ring (bicyclic) bond motifs is 1. The predicted octanol–water partition coefficient (Wildman–Crippen LogP) is 3.59. The van der Waals surface area contributed by atoms with Crippen LogP contribution in [0.4, 0.5) is 5.13 Å². The van der Waals surface area contributed by atoms with Crippen LogP contribution >= 0.6 is 11.3 Å². The molecule has 0 unspecified atom stereocenters. The van der Waals surface area contributed by atoms with E-state index in [9.17, 15) is 0 Å². The highest BCUT2D eigenvalue weighted by atomic mass is 32.1. The van der Waals surface area contributed by atoms with Crippen LogP contribution in [0.15, 0.2) is 18.2 Å². The van der Waals surface area contributed by atoms with Gasteiger partial charge in [-0.3, -0.25) is 0 Å². The van der Waals surface area contributed by atoms with E-state index in [1.807, 2.05) is 19.1 Å². The van der Waals surface area contributed by atoms with Gasteiger partial charge in [0.05, 0.1) is 16.8 Å². The molecule has 114 valence electrons. The number of piperidine rings is 1. The SMILES string of the molecule is CCOc1ccc2nc(NCCN3CCCCC3)sc2c1. The van der Waals surface area contributed by atoms with Gasteiger partial charge in [0.15, 0.2) is 5.13 Å². The Hall–Kier alpha value is -1.33. The summed E-state index contributed by atoms with van der Waals surface area (Å²) in [6, 6.07) is 6.10. The molecule has 0 aliphatic carbocycles. The minimum Gasteiger partial charge on any atom is -0.494 e. The summed E-state index contributed by atoms with van der Waals surface area (Å²) in [7, 11) is 0. The minimum absolute atomic E-state index is 0.700. The standard InChI is InChI=1S/C16H23N3OS/c1-2-20-13-6-7-14-15(12-13)21-16(18-14)17-8-11-19-9-4-3-5-10-19/h6-7,12H,2-5,8-11H2,1H3,(H,17,18). The van der Waals surface area contributed by atoms with Crippen LogP contribution in [-0.4, -0.2) is 42.7 Å². The first-order valence-corrected chi connectivity index (χ1v) is 8.66. The topological polar surface area (TPSA) is 37.4 Å². The van der Waals surface area contributed by atoms with E-state index >= 15 is 0 Å². The Morgan fingerprint density at radius 2 is 2.14 bits per heavy atom. The number of hydrogen-bond acceptors (Lipinski definition) is 5. The lowest BCUT2D eigenvalue weighted by atomic mass is 10.1. The van der Waals surface area contributed by atoms with Crippen molar-refractivity contribution in [3.63, 3.8) is 0 Å². The molecule has 4 nitrogen and oxygen atoms in total. The van der Waals surface area contributed by atoms with E-state index in [1.165, 1.54) is 37.1 Å². The second kappa shape index (κ2) is 7.09. The summed E-state index contributed by atoms with van der Waals surface area (Å²) in [6.45, 7) is 7.28. The molecule has 1 aliphatic heterocycles. The van der Waals surface area contributed by atoms with Gasteiger partial charge in [-0.15, -0.1) is 0 Å². The van der Waals surface area contributed by atoms with E-state index in [2.05, 4.69) is 21.3 Å². The largest absolute Gasteiger partial charge is 0.494 e. The summed E-state index contributed by atoms with van der Waals surface area (Å²) in [5, 5.41) is 4.47. The van der Waals surface area contributed by atoms with Gasteiger partial charge in [0.2, 0.25) is 0 Å². The number of likely N-dealkylation sites (tertiary alicyclic amines) is 1. The fraction of sp³-hybridized carbons (Fsp3) is 0.562. The van der Waals surface area contributed by atoms with Crippen LogP contribution in [0.2, 0.25) is 0 Å². The fourth-order valence-corrected chi connectivity index (χ4v) is 3.66. The molecule has 0 saturated carbocycles. The van der Waals surface area contributed by atoms with Crippen LogP contribution in [0.1, 0.15) is 26.2 Å². The third-order valence-electron chi connectivity index (χ3n) is 3.82. The number of hydrogen-bond donors (Lipinski definition) is 1. The molecule has 1 saturated heterocycles. The third-order valence-corrected chi connectivity index (χ3v) is 4.80. The number of rotatable bonds is 6. The van der Waals surface area contributed by atoms with Crippen LogP contribution in [0.3, 0.4) is 0 Å². The highest BCUT2D eigenvalue weighted by Crippen LogP contribution is 2.29. The number of nitrogens with zero attached hydrogens (tertiary/aromatic N) is 2. The van der Waals surface area contributed by atoms with Gasteiger partial charge in [-0.05, 0) is 51.1 Å². The molecule has 1 aromatic heterocycles. The molecule has 1 N–H and O–H groups in total. The molecule has 1 fully saturated rings. The number of benzene rings is 1. The third kappa shape index (κ3) is 3.86. The molecule has 3 rings (SSSR count). The molecule has 0 bridgehead atoms. The summed E-state index contributed by atoms with van der Waals surface area (Å²) < 4.78 is 6.72. The summed E-state index contributed by atoms with van der Waals surface area (Å²) in [6.07, 6.45) is 4.09. The number of ether oxygens (including phenoxy) is 1. The Kier molecular flexibility index (Phi) is 4.93. The molecule has 1 aromatic carbocycles. The second-order valence-corrected chi connectivity index (χ2v) is 6.44. The summed E-state index contributed by atoms with van der Waals surface area (Å²) in [5.41, 5.74) is 1.05. The van der Waals surface area contributed by atoms with Gasteiger partial charge in [-0.25, -0.2) is 4.98 Å². The van der Waals surface area contributed by atoms with E-state index in [1.54, 1.807) is 11.3 Å². The quantitative estimate of drug-likeness (QED) is 0.885. The molecule has 1 aliphatic rings. The van der Waals surface area contributed by atoms with E-state index in [0.29, 0.717) is 6.61 Å². The average molecular weight is 305 g/mol. The van der Waals surface area contributed by atoms with Crippen molar-refractivity contribution in [3.8, 4) is 5.75 Å². The average Bonchev–Trinajstić information content (AvgIpc) is 2.91. The van der Waals surface area contributed by atoms with Crippen molar-refractivity contribution >= 4 is 26.7 Å². The second-order valence-electron chi connectivity index (χ2n) is 5.41. The Labute approximate surface area is 130 Å². The van der Waals surface area contributed by atoms with Crippen molar-refractivity contribution in [1.29, 1.82) is 0 Å². The summed E-state index contributed by atoms with van der Waals surface area (Å²) in [4.78, 5) is 7.17. The van der Waals surface area contributed by atoms with Crippen molar-refractivity contribution < 1.29 is 4.74 Å². The smallest absolute Gasteiger partial charge is 0.183 e. The molecular weight excluding hydrogens is 282 g/mol. The van der Waals surface area contributed by atoms with Gasteiger partial charge < -0.3 is 15.0 Å². The van der Waals surface area contributed by atoms with Crippen LogP contribution < -0.4 is 10.1 Å². The highest BCUT2D eigenvalue weighted by Gasteiger charge is 2.10. The first-order chi connectivity index (χ1) is 10.3. The number of aromatic nitrogens is 1. The normalized spacial score (nSPS) is 16.2. The zero-order valence-electron chi connectivity index (χ0n) is 12.6. The molecule has 5 heteroatoms. The molecule has 0 spiro atoms. The van der Waals surface area contributed by atoms with Crippen molar-refractivity contribution in [2.75, 3.05) is 38.1 Å². The molecule has 21 heavy (non-hydrogen) atoms. The molecule has 2 aromatic rings. The maximum atomic E-state index is 5.54. The highest BCUT2D eigenvalue weighted by molar-refractivity contribution is 7.22. The lowest BCUT2D eigenvalue weighted by molar-refractivity contribution is 0.237. The van der Waals surface area contributed by atoms with Gasteiger partial charge in [0.25, 0.3) is 0 Å². The minimum atomic E-state index is 0.700. The first-order valence-electron chi connectivity index (χ1n) is 7.85. The number of thiazole rings is 1. The van der Waals surface area contributed by atoms with Crippen LogP contribution in [0.5, 0.6) is 5.75 Å². The van der Waals surface area contributed by atoms with Crippen molar-refractivity contribution in [2.45, 2.75) is 26.2 Å². The first kappa shape index (κ1) is 14.6. The van der Waals surface area contributed by atoms with Crippen molar-refractivity contribution in [3.05, 3.63) is 18.2 Å². The number of anilines is 1.